The summed E-state index contributed by atoms with van der Waals surface area (Å²) >= 11 is 0. The first kappa shape index (κ1) is 14.4. The Labute approximate surface area is 127 Å². The summed E-state index contributed by atoms with van der Waals surface area (Å²) in [5.74, 6) is -1.02. The molecule has 1 aromatic heterocycles. The van der Waals surface area contributed by atoms with Crippen molar-refractivity contribution in [2.45, 2.75) is 31.7 Å². The molecule has 22 heavy (non-hydrogen) atoms. The Morgan fingerprint density at radius 2 is 1.91 bits per heavy atom. The van der Waals surface area contributed by atoms with Gasteiger partial charge in [0.05, 0.1) is 12.2 Å². The highest BCUT2D eigenvalue weighted by molar-refractivity contribution is 5.92. The molecule has 1 aliphatic carbocycles. The number of rotatable bonds is 3. The van der Waals surface area contributed by atoms with E-state index in [0.717, 1.165) is 11.0 Å². The number of furan rings is 1. The Morgan fingerprint density at radius 1 is 1.14 bits per heavy atom. The molecule has 0 unspecified atom stereocenters. The summed E-state index contributed by atoms with van der Waals surface area (Å²) in [6.45, 7) is 0. The van der Waals surface area contributed by atoms with Gasteiger partial charge in [0, 0.05) is 23.2 Å². The van der Waals surface area contributed by atoms with Crippen LogP contribution in [0, 0.1) is 5.92 Å². The first-order chi connectivity index (χ1) is 10.6. The average Bonchev–Trinajstić information content (AvgIpc) is 2.95. The van der Waals surface area contributed by atoms with Crippen LogP contribution in [0.2, 0.25) is 0 Å². The summed E-state index contributed by atoms with van der Waals surface area (Å²) in [7, 11) is 0. The second kappa shape index (κ2) is 6.09. The van der Waals surface area contributed by atoms with Gasteiger partial charge in [0.25, 0.3) is 0 Å². The fourth-order valence-electron chi connectivity index (χ4n) is 2.87. The van der Waals surface area contributed by atoms with Crippen molar-refractivity contribution in [2.75, 3.05) is 5.32 Å². The minimum atomic E-state index is -0.741. The number of carbonyl (C=O) groups is 2. The zero-order valence-corrected chi connectivity index (χ0v) is 12.0. The van der Waals surface area contributed by atoms with E-state index in [4.69, 9.17) is 9.52 Å². The molecule has 2 aromatic rings. The molecule has 0 atom stereocenters. The van der Waals surface area contributed by atoms with Crippen molar-refractivity contribution in [1.29, 1.82) is 0 Å². The third kappa shape index (κ3) is 3.21. The Kier molecular flexibility index (Phi) is 4.00. The van der Waals surface area contributed by atoms with E-state index in [9.17, 15) is 9.59 Å². The molecule has 1 aromatic carbocycles. The Hall–Kier alpha value is -2.50. The molecule has 0 radical (unpaired) electrons. The minimum Gasteiger partial charge on any atom is -0.481 e. The number of benzene rings is 1. The molecule has 6 nitrogen and oxygen atoms in total. The topological polar surface area (TPSA) is 91.6 Å². The lowest BCUT2D eigenvalue weighted by molar-refractivity contribution is -0.142. The van der Waals surface area contributed by atoms with Crippen molar-refractivity contribution in [3.63, 3.8) is 0 Å². The number of hydrogen-bond acceptors (Lipinski definition) is 3. The summed E-state index contributed by atoms with van der Waals surface area (Å²) in [6.07, 6.45) is 4.22. The number of carboxylic acid groups (broad SMARTS) is 1. The van der Waals surface area contributed by atoms with Gasteiger partial charge < -0.3 is 20.2 Å². The smallest absolute Gasteiger partial charge is 0.319 e. The molecule has 6 heteroatoms. The summed E-state index contributed by atoms with van der Waals surface area (Å²) in [5.41, 5.74) is 1.39. The fourth-order valence-corrected chi connectivity index (χ4v) is 2.87. The standard InChI is InChI=1S/C16H18N2O4/c19-15(20)11-2-4-12(5-3-11)17-16(21)18-13-6-1-10-7-8-22-14(10)9-13/h1,6-9,11-12H,2-5H2,(H,19,20)(H2,17,18,21). The van der Waals surface area contributed by atoms with Gasteiger partial charge in [0.15, 0.2) is 0 Å². The molecular formula is C16H18N2O4. The van der Waals surface area contributed by atoms with Crippen LogP contribution in [-0.2, 0) is 4.79 Å². The number of amides is 2. The molecule has 0 aliphatic heterocycles. The van der Waals surface area contributed by atoms with Crippen LogP contribution in [0.15, 0.2) is 34.9 Å². The van der Waals surface area contributed by atoms with Crippen molar-refractivity contribution in [2.24, 2.45) is 5.92 Å². The Balaban J connectivity index is 1.53. The lowest BCUT2D eigenvalue weighted by Gasteiger charge is -2.26. The lowest BCUT2D eigenvalue weighted by atomic mass is 9.86. The number of fused-ring (bicyclic) bond motifs is 1. The minimum absolute atomic E-state index is 0.0305. The second-order valence-electron chi connectivity index (χ2n) is 5.66. The molecule has 3 rings (SSSR count). The quantitative estimate of drug-likeness (QED) is 0.812. The third-order valence-corrected chi connectivity index (χ3v) is 4.13. The van der Waals surface area contributed by atoms with Crippen molar-refractivity contribution in [3.05, 3.63) is 30.5 Å². The van der Waals surface area contributed by atoms with E-state index >= 15 is 0 Å². The van der Waals surface area contributed by atoms with E-state index in [2.05, 4.69) is 10.6 Å². The Bertz CT molecular complexity index is 686. The molecular weight excluding hydrogens is 284 g/mol. The average molecular weight is 302 g/mol. The van der Waals surface area contributed by atoms with Crippen molar-refractivity contribution in [1.82, 2.24) is 5.32 Å². The molecule has 1 fully saturated rings. The number of urea groups is 1. The van der Waals surface area contributed by atoms with Gasteiger partial charge in [-0.15, -0.1) is 0 Å². The molecule has 0 spiro atoms. The van der Waals surface area contributed by atoms with E-state index in [-0.39, 0.29) is 18.0 Å². The van der Waals surface area contributed by atoms with Crippen molar-refractivity contribution >= 4 is 28.7 Å². The van der Waals surface area contributed by atoms with Gasteiger partial charge in [-0.25, -0.2) is 4.79 Å². The molecule has 0 saturated heterocycles. The van der Waals surface area contributed by atoms with Crippen LogP contribution < -0.4 is 10.6 Å². The number of carboxylic acids is 1. The highest BCUT2D eigenvalue weighted by Gasteiger charge is 2.26. The molecule has 1 aliphatic rings. The summed E-state index contributed by atoms with van der Waals surface area (Å²) in [5, 5.41) is 15.6. The maximum Gasteiger partial charge on any atom is 0.319 e. The molecule has 3 N–H and O–H groups in total. The number of anilines is 1. The highest BCUT2D eigenvalue weighted by Crippen LogP contribution is 2.24. The summed E-state index contributed by atoms with van der Waals surface area (Å²) in [6, 6.07) is 7.09. The van der Waals surface area contributed by atoms with Gasteiger partial charge in [0.2, 0.25) is 0 Å². The van der Waals surface area contributed by atoms with Crippen LogP contribution in [0.25, 0.3) is 11.0 Å². The first-order valence-corrected chi connectivity index (χ1v) is 7.39. The van der Waals surface area contributed by atoms with E-state index in [1.54, 1.807) is 12.3 Å². The number of carbonyl (C=O) groups excluding carboxylic acids is 1. The fraction of sp³-hybridized carbons (Fsp3) is 0.375. The van der Waals surface area contributed by atoms with Gasteiger partial charge in [-0.3, -0.25) is 4.79 Å². The molecule has 0 bridgehead atoms. The number of nitrogens with one attached hydrogen (secondary N) is 2. The zero-order chi connectivity index (χ0) is 15.5. The van der Waals surface area contributed by atoms with Gasteiger partial charge in [0.1, 0.15) is 5.58 Å². The van der Waals surface area contributed by atoms with Crippen LogP contribution in [0.5, 0.6) is 0 Å². The normalized spacial score (nSPS) is 21.5. The predicted molar refractivity (Wildman–Crippen MR) is 81.8 cm³/mol. The van der Waals surface area contributed by atoms with Gasteiger partial charge in [-0.05, 0) is 43.9 Å². The van der Waals surface area contributed by atoms with Crippen molar-refractivity contribution in [3.8, 4) is 0 Å². The van der Waals surface area contributed by atoms with E-state index in [1.807, 2.05) is 18.2 Å². The summed E-state index contributed by atoms with van der Waals surface area (Å²) < 4.78 is 5.30. The third-order valence-electron chi connectivity index (χ3n) is 4.13. The SMILES string of the molecule is O=C(Nc1ccc2ccoc2c1)NC1CCC(C(=O)O)CC1. The highest BCUT2D eigenvalue weighted by atomic mass is 16.4. The maximum absolute atomic E-state index is 12.0. The predicted octanol–water partition coefficient (Wildman–Crippen LogP) is 3.20. The summed E-state index contributed by atoms with van der Waals surface area (Å²) in [4.78, 5) is 22.9. The van der Waals surface area contributed by atoms with Gasteiger partial charge in [-0.2, -0.15) is 0 Å². The molecule has 2 amide bonds. The largest absolute Gasteiger partial charge is 0.481 e. The monoisotopic (exact) mass is 302 g/mol. The van der Waals surface area contributed by atoms with E-state index in [0.29, 0.717) is 31.4 Å². The first-order valence-electron chi connectivity index (χ1n) is 7.39. The van der Waals surface area contributed by atoms with Crippen molar-refractivity contribution < 1.29 is 19.1 Å². The molecule has 1 heterocycles. The van der Waals surface area contributed by atoms with Crippen LogP contribution in [-0.4, -0.2) is 23.1 Å². The van der Waals surface area contributed by atoms with Crippen LogP contribution in [0.1, 0.15) is 25.7 Å². The van der Waals surface area contributed by atoms with E-state index in [1.165, 1.54) is 0 Å². The molecule has 1 saturated carbocycles. The number of aliphatic carboxylic acids is 1. The van der Waals surface area contributed by atoms with E-state index < -0.39 is 5.97 Å². The van der Waals surface area contributed by atoms with Gasteiger partial charge >= 0.3 is 12.0 Å². The maximum atomic E-state index is 12.0. The lowest BCUT2D eigenvalue weighted by Crippen LogP contribution is -2.40. The van der Waals surface area contributed by atoms with Crippen LogP contribution in [0.3, 0.4) is 0 Å². The van der Waals surface area contributed by atoms with Crippen LogP contribution >= 0.6 is 0 Å². The van der Waals surface area contributed by atoms with Gasteiger partial charge in [-0.1, -0.05) is 0 Å². The number of hydrogen-bond donors (Lipinski definition) is 3. The Morgan fingerprint density at radius 3 is 2.64 bits per heavy atom. The van der Waals surface area contributed by atoms with Crippen LogP contribution in [0.4, 0.5) is 10.5 Å². The molecule has 116 valence electrons. The second-order valence-corrected chi connectivity index (χ2v) is 5.66. The zero-order valence-electron chi connectivity index (χ0n) is 12.0.